The predicted octanol–water partition coefficient (Wildman–Crippen LogP) is 3.90. The van der Waals surface area contributed by atoms with E-state index in [0.29, 0.717) is 24.5 Å². The van der Waals surface area contributed by atoms with Crippen LogP contribution in [0, 0.1) is 6.92 Å². The van der Waals surface area contributed by atoms with Gasteiger partial charge >= 0.3 is 0 Å². The van der Waals surface area contributed by atoms with Gasteiger partial charge in [0.05, 0.1) is 24.1 Å². The molecule has 2 heterocycles. The highest BCUT2D eigenvalue weighted by atomic mass is 16.5. The van der Waals surface area contributed by atoms with Gasteiger partial charge in [0, 0.05) is 12.7 Å². The Bertz CT molecular complexity index is 919. The molecule has 6 heteroatoms. The molecule has 2 aromatic heterocycles. The Kier molecular flexibility index (Phi) is 6.42. The summed E-state index contributed by atoms with van der Waals surface area (Å²) in [6, 6.07) is 13.6. The summed E-state index contributed by atoms with van der Waals surface area (Å²) in [6.45, 7) is 7.21. The van der Waals surface area contributed by atoms with Crippen molar-refractivity contribution < 1.29 is 9.53 Å². The van der Waals surface area contributed by atoms with Crippen molar-refractivity contribution in [3.63, 3.8) is 0 Å². The molecule has 1 aromatic carbocycles. The van der Waals surface area contributed by atoms with Crippen LogP contribution in [0.1, 0.15) is 47.8 Å². The highest BCUT2D eigenvalue weighted by Crippen LogP contribution is 2.22. The zero-order chi connectivity index (χ0) is 19.9. The molecule has 3 aromatic rings. The molecule has 0 aliphatic carbocycles. The van der Waals surface area contributed by atoms with Crippen molar-refractivity contribution in [3.05, 3.63) is 71.7 Å². The summed E-state index contributed by atoms with van der Waals surface area (Å²) in [5, 5.41) is 7.35. The molecule has 0 saturated heterocycles. The van der Waals surface area contributed by atoms with Crippen LogP contribution in [0.5, 0.6) is 5.75 Å². The number of ether oxygens (including phenoxy) is 1. The zero-order valence-electron chi connectivity index (χ0n) is 16.6. The van der Waals surface area contributed by atoms with E-state index in [0.717, 1.165) is 23.4 Å². The van der Waals surface area contributed by atoms with Crippen molar-refractivity contribution in [2.24, 2.45) is 0 Å². The minimum atomic E-state index is -0.124. The molecular weight excluding hydrogens is 352 g/mol. The number of hydrogen-bond acceptors (Lipinski definition) is 4. The highest BCUT2D eigenvalue weighted by molar-refractivity contribution is 5.95. The first kappa shape index (κ1) is 19.6. The van der Waals surface area contributed by atoms with Gasteiger partial charge in [0.15, 0.2) is 5.82 Å². The maximum Gasteiger partial charge on any atom is 0.254 e. The Hall–Kier alpha value is -3.15. The molecule has 0 unspecified atom stereocenters. The number of carbonyl (C=O) groups excluding carboxylic acids is 1. The van der Waals surface area contributed by atoms with Crippen molar-refractivity contribution in [2.75, 3.05) is 13.2 Å². The van der Waals surface area contributed by atoms with Crippen LogP contribution in [0.4, 0.5) is 0 Å². The van der Waals surface area contributed by atoms with Crippen molar-refractivity contribution in [1.29, 1.82) is 0 Å². The fourth-order valence-electron chi connectivity index (χ4n) is 3.01. The van der Waals surface area contributed by atoms with E-state index in [1.807, 2.05) is 63.2 Å². The molecule has 0 atom stereocenters. The number of nitrogens with one attached hydrogen (secondary N) is 1. The summed E-state index contributed by atoms with van der Waals surface area (Å²) in [7, 11) is 0. The maximum atomic E-state index is 12.7. The predicted molar refractivity (Wildman–Crippen MR) is 109 cm³/mol. The zero-order valence-corrected chi connectivity index (χ0v) is 16.6. The fraction of sp³-hybridized carbons (Fsp3) is 0.318. The first-order chi connectivity index (χ1) is 13.6. The molecule has 146 valence electrons. The van der Waals surface area contributed by atoms with Crippen LogP contribution in [0.15, 0.2) is 54.9 Å². The second-order valence-corrected chi connectivity index (χ2v) is 6.97. The van der Waals surface area contributed by atoms with Gasteiger partial charge < -0.3 is 10.1 Å². The monoisotopic (exact) mass is 378 g/mol. The number of nitrogens with zero attached hydrogens (tertiary/aromatic N) is 3. The maximum absolute atomic E-state index is 12.7. The summed E-state index contributed by atoms with van der Waals surface area (Å²) in [6.07, 6.45) is 4.06. The van der Waals surface area contributed by atoms with E-state index in [1.54, 1.807) is 17.1 Å². The fourth-order valence-corrected chi connectivity index (χ4v) is 3.01. The van der Waals surface area contributed by atoms with Gasteiger partial charge in [0.2, 0.25) is 0 Å². The Balaban J connectivity index is 1.58. The van der Waals surface area contributed by atoms with Crippen LogP contribution >= 0.6 is 0 Å². The van der Waals surface area contributed by atoms with Gasteiger partial charge in [-0.1, -0.05) is 32.0 Å². The molecule has 28 heavy (non-hydrogen) atoms. The third-order valence-electron chi connectivity index (χ3n) is 4.33. The minimum absolute atomic E-state index is 0.124. The molecule has 0 fully saturated rings. The number of aryl methyl sites for hydroxylation is 1. The number of pyridine rings is 1. The van der Waals surface area contributed by atoms with E-state index in [2.05, 4.69) is 15.4 Å². The average Bonchev–Trinajstić information content (AvgIpc) is 3.14. The van der Waals surface area contributed by atoms with Crippen LogP contribution in [0.2, 0.25) is 0 Å². The molecular formula is C22H26N4O2. The van der Waals surface area contributed by atoms with E-state index in [-0.39, 0.29) is 11.8 Å². The lowest BCUT2D eigenvalue weighted by Crippen LogP contribution is -2.26. The molecule has 0 saturated carbocycles. The number of carbonyl (C=O) groups is 1. The first-order valence-electron chi connectivity index (χ1n) is 9.53. The lowest BCUT2D eigenvalue weighted by atomic mass is 10.1. The summed E-state index contributed by atoms with van der Waals surface area (Å²) in [5.41, 5.74) is 2.60. The van der Waals surface area contributed by atoms with Gasteiger partial charge in [-0.2, -0.15) is 5.10 Å². The number of aromatic nitrogens is 3. The van der Waals surface area contributed by atoms with E-state index in [9.17, 15) is 4.79 Å². The second kappa shape index (κ2) is 9.17. The largest absolute Gasteiger partial charge is 0.494 e. The summed E-state index contributed by atoms with van der Waals surface area (Å²) >= 11 is 0. The molecule has 0 aliphatic rings. The van der Waals surface area contributed by atoms with Gasteiger partial charge in [-0.25, -0.2) is 9.67 Å². The normalized spacial score (nSPS) is 10.9. The molecule has 0 spiro atoms. The standard InChI is InChI=1S/C22H26N4O2/c1-16(2)21-19(15-25-26(21)20-10-4-5-11-23-20)22(27)24-12-7-13-28-18-9-6-8-17(3)14-18/h4-6,8-11,14-16H,7,12-13H2,1-3H3,(H,24,27). The number of rotatable bonds is 8. The van der Waals surface area contributed by atoms with Crippen molar-refractivity contribution in [1.82, 2.24) is 20.1 Å². The minimum Gasteiger partial charge on any atom is -0.494 e. The van der Waals surface area contributed by atoms with E-state index >= 15 is 0 Å². The number of amides is 1. The quantitative estimate of drug-likeness (QED) is 0.604. The molecule has 1 amide bonds. The third-order valence-corrected chi connectivity index (χ3v) is 4.33. The van der Waals surface area contributed by atoms with Crippen LogP contribution in [0.3, 0.4) is 0 Å². The number of hydrogen-bond donors (Lipinski definition) is 1. The SMILES string of the molecule is Cc1cccc(OCCCNC(=O)c2cnn(-c3ccccn3)c2C(C)C)c1. The smallest absolute Gasteiger partial charge is 0.254 e. The van der Waals surface area contributed by atoms with Crippen molar-refractivity contribution in [3.8, 4) is 11.6 Å². The Labute approximate surface area is 165 Å². The van der Waals surface area contributed by atoms with Gasteiger partial charge in [-0.15, -0.1) is 0 Å². The van der Waals surface area contributed by atoms with Gasteiger partial charge in [0.1, 0.15) is 5.75 Å². The van der Waals surface area contributed by atoms with Gasteiger partial charge in [-0.3, -0.25) is 4.79 Å². The lowest BCUT2D eigenvalue weighted by molar-refractivity contribution is 0.0950. The second-order valence-electron chi connectivity index (χ2n) is 6.97. The van der Waals surface area contributed by atoms with Crippen LogP contribution in [-0.2, 0) is 0 Å². The van der Waals surface area contributed by atoms with Gasteiger partial charge in [-0.05, 0) is 49.1 Å². The van der Waals surface area contributed by atoms with Crippen molar-refractivity contribution >= 4 is 5.91 Å². The summed E-state index contributed by atoms with van der Waals surface area (Å²) in [4.78, 5) is 17.0. The van der Waals surface area contributed by atoms with Crippen molar-refractivity contribution in [2.45, 2.75) is 33.1 Å². The topological polar surface area (TPSA) is 69.0 Å². The number of benzene rings is 1. The van der Waals surface area contributed by atoms with E-state index < -0.39 is 0 Å². The molecule has 0 radical (unpaired) electrons. The summed E-state index contributed by atoms with van der Waals surface area (Å²) < 4.78 is 7.46. The molecule has 0 aliphatic heterocycles. The average molecular weight is 378 g/mol. The lowest BCUT2D eigenvalue weighted by Gasteiger charge is -2.12. The highest BCUT2D eigenvalue weighted by Gasteiger charge is 2.21. The first-order valence-corrected chi connectivity index (χ1v) is 9.53. The molecule has 3 rings (SSSR count). The van der Waals surface area contributed by atoms with Crippen LogP contribution in [0.25, 0.3) is 5.82 Å². The Morgan fingerprint density at radius 1 is 1.21 bits per heavy atom. The van der Waals surface area contributed by atoms with Crippen LogP contribution < -0.4 is 10.1 Å². The molecule has 6 nitrogen and oxygen atoms in total. The van der Waals surface area contributed by atoms with E-state index in [4.69, 9.17) is 4.74 Å². The summed E-state index contributed by atoms with van der Waals surface area (Å²) in [5.74, 6) is 1.57. The molecule has 1 N–H and O–H groups in total. The van der Waals surface area contributed by atoms with Gasteiger partial charge in [0.25, 0.3) is 5.91 Å². The Morgan fingerprint density at radius 3 is 2.79 bits per heavy atom. The van der Waals surface area contributed by atoms with E-state index in [1.165, 1.54) is 0 Å². The van der Waals surface area contributed by atoms with Crippen LogP contribution in [-0.4, -0.2) is 33.8 Å². The molecule has 0 bridgehead atoms. The third kappa shape index (κ3) is 4.76. The Morgan fingerprint density at radius 2 is 2.07 bits per heavy atom.